The van der Waals surface area contributed by atoms with Crippen molar-refractivity contribution in [3.8, 4) is 11.1 Å². The third-order valence-electron chi connectivity index (χ3n) is 16.1. The molecule has 0 amide bonds. The lowest BCUT2D eigenvalue weighted by Gasteiger charge is -2.26. The van der Waals surface area contributed by atoms with Gasteiger partial charge in [-0.05, 0) is 191 Å². The van der Waals surface area contributed by atoms with Crippen LogP contribution in [0.15, 0.2) is 228 Å². The van der Waals surface area contributed by atoms with Crippen molar-refractivity contribution >= 4 is 111 Å². The molecule has 428 valence electrons. The van der Waals surface area contributed by atoms with Crippen molar-refractivity contribution in [3.05, 3.63) is 257 Å². The molecule has 0 N–H and O–H groups in total. The lowest BCUT2D eigenvalue weighted by Crippen LogP contribution is -2.15. The summed E-state index contributed by atoms with van der Waals surface area (Å²) in [5.74, 6) is 0. The number of aliphatic imine (C=N–C) groups is 1. The minimum Gasteiger partial charge on any atom is -0.456 e. The van der Waals surface area contributed by atoms with Gasteiger partial charge in [0.05, 0.1) is 5.69 Å². The molecule has 0 atom stereocenters. The van der Waals surface area contributed by atoms with Crippen molar-refractivity contribution < 1.29 is 8.83 Å². The third-order valence-corrected chi connectivity index (χ3v) is 17.5. The summed E-state index contributed by atoms with van der Waals surface area (Å²) < 4.78 is 12.4. The SMILES string of the molecule is C=C/C=C(\C=C/C)N(C=Cc1ccc2c(c1)c1cccc3oc4cccc2c4c31)c1ccc(-c2ccc(C(CCC)=NCCCc3ccc4c(c3)oc3ccccc34)cc2)cc1C(=C)C=C.CC.CC.CCC1=CCCc2c1sc1c2C=CCC1. The molecule has 11 aromatic rings. The van der Waals surface area contributed by atoms with Crippen molar-refractivity contribution in [3.63, 3.8) is 0 Å². The molecule has 5 heteroatoms. The quantitative estimate of drug-likeness (QED) is 0.0395. The average Bonchev–Trinajstić information content (AvgIpc) is 3.42. The first-order valence-electron chi connectivity index (χ1n) is 30.9. The average molecular weight is 1130 g/mol. The number of furan rings is 2. The maximum Gasteiger partial charge on any atom is 0.136 e. The first kappa shape index (κ1) is 59.4. The Morgan fingerprint density at radius 1 is 0.694 bits per heavy atom. The topological polar surface area (TPSA) is 41.9 Å². The summed E-state index contributed by atoms with van der Waals surface area (Å²) in [6, 6.07) is 49.7. The minimum atomic E-state index is 0.774. The Labute approximate surface area is 508 Å². The van der Waals surface area contributed by atoms with E-state index in [0.29, 0.717) is 0 Å². The van der Waals surface area contributed by atoms with E-state index in [1.54, 1.807) is 26.5 Å². The van der Waals surface area contributed by atoms with Crippen LogP contribution in [0.4, 0.5) is 5.69 Å². The first-order valence-corrected chi connectivity index (χ1v) is 31.7. The van der Waals surface area contributed by atoms with Crippen LogP contribution in [0.5, 0.6) is 0 Å². The van der Waals surface area contributed by atoms with Gasteiger partial charge in [-0.3, -0.25) is 4.99 Å². The number of rotatable bonds is 17. The number of fused-ring (bicyclic) bond motifs is 9. The fraction of sp³-hybridized carbons (Fsp3) is 0.212. The maximum atomic E-state index is 6.30. The molecule has 0 fully saturated rings. The Hall–Kier alpha value is -8.77. The van der Waals surface area contributed by atoms with Crippen LogP contribution in [0.2, 0.25) is 0 Å². The molecule has 2 aliphatic carbocycles. The Morgan fingerprint density at radius 3 is 2.14 bits per heavy atom. The van der Waals surface area contributed by atoms with Gasteiger partial charge >= 0.3 is 0 Å². The van der Waals surface area contributed by atoms with Crippen LogP contribution in [0.3, 0.4) is 0 Å². The van der Waals surface area contributed by atoms with Crippen molar-refractivity contribution in [2.24, 2.45) is 4.99 Å². The summed E-state index contributed by atoms with van der Waals surface area (Å²) in [5.41, 5.74) is 19.2. The summed E-state index contributed by atoms with van der Waals surface area (Å²) in [5, 5.41) is 9.52. The van der Waals surface area contributed by atoms with E-state index in [0.717, 1.165) is 99.5 Å². The number of anilines is 1. The number of hydrogen-bond acceptors (Lipinski definition) is 5. The largest absolute Gasteiger partial charge is 0.456 e. The standard InChI is InChI=1S/C62H52N2O2.C14H16S.2C2H6/c1-6-15-47(16-7-2)64(37-35-43-25-32-48-51-20-12-23-58-61(51)62-52(54(48)38-43)21-13-24-59(62)66-58)56-34-31-46(40-53(56)41(5)9-4)44-27-29-45(30-28-44)55(17-8-3)63-36-14-18-42-26-33-50-49-19-10-11-22-57(49)65-60(50)39-42;1-2-10-6-5-8-12-11-7-3-4-9-13(11)15-14(10)12;2*1-2/h6-7,9-13,15-16,19-35,37-40H,1,4-5,8,14,17-18,36H2,2-3H3;3,6-7H,2,4-5,8-9H2,1H3;2*1-2H3/b16-7-,37-35?,47-15+,63-55?;;;. The Morgan fingerprint density at radius 2 is 1.40 bits per heavy atom. The predicted octanol–water partition coefficient (Wildman–Crippen LogP) is 23.9. The highest BCUT2D eigenvalue weighted by molar-refractivity contribution is 7.13. The van der Waals surface area contributed by atoms with Crippen LogP contribution in [0.25, 0.3) is 99.8 Å². The zero-order valence-electron chi connectivity index (χ0n) is 50.9. The van der Waals surface area contributed by atoms with Crippen LogP contribution >= 0.6 is 11.3 Å². The third kappa shape index (κ3) is 12.3. The number of para-hydroxylation sites is 1. The summed E-state index contributed by atoms with van der Waals surface area (Å²) in [6.45, 7) is 28.0. The van der Waals surface area contributed by atoms with E-state index in [1.807, 2.05) is 65.0 Å². The second-order valence-corrected chi connectivity index (χ2v) is 22.3. The zero-order valence-corrected chi connectivity index (χ0v) is 51.7. The Balaban J connectivity index is 0.000000360. The number of benzene rings is 8. The van der Waals surface area contributed by atoms with Crippen LogP contribution in [-0.2, 0) is 19.3 Å². The highest BCUT2D eigenvalue weighted by atomic mass is 32.1. The van der Waals surface area contributed by atoms with Gasteiger partial charge in [-0.25, -0.2) is 0 Å². The molecule has 3 heterocycles. The molecule has 4 nitrogen and oxygen atoms in total. The van der Waals surface area contributed by atoms with E-state index in [4.69, 9.17) is 13.8 Å². The maximum absolute atomic E-state index is 6.30. The zero-order chi connectivity index (χ0) is 59.4. The highest BCUT2D eigenvalue weighted by Gasteiger charge is 2.22. The number of nitrogens with zero attached hydrogens (tertiary/aromatic N) is 2. The van der Waals surface area contributed by atoms with Gasteiger partial charge in [0.15, 0.2) is 0 Å². The fourth-order valence-electron chi connectivity index (χ4n) is 12.2. The molecule has 8 aromatic carbocycles. The van der Waals surface area contributed by atoms with Crippen molar-refractivity contribution in [2.75, 3.05) is 11.4 Å². The second-order valence-electron chi connectivity index (χ2n) is 21.2. The van der Waals surface area contributed by atoms with Gasteiger partial charge in [0.2, 0.25) is 0 Å². The van der Waals surface area contributed by atoms with Crippen LogP contribution in [0.1, 0.15) is 130 Å². The molecular formula is C80H80N2O2S. The first-order chi connectivity index (χ1) is 41.9. The molecule has 3 aromatic heterocycles. The van der Waals surface area contributed by atoms with Gasteiger partial charge in [0.1, 0.15) is 22.3 Å². The monoisotopic (exact) mass is 1130 g/mol. The van der Waals surface area contributed by atoms with Crippen molar-refractivity contribution in [2.45, 2.75) is 106 Å². The Kier molecular flexibility index (Phi) is 19.4. The molecule has 0 unspecified atom stereocenters. The summed E-state index contributed by atoms with van der Waals surface area (Å²) in [6.07, 6.45) is 31.4. The molecule has 0 saturated carbocycles. The Bertz CT molecular complexity index is 4390. The number of aryl methyl sites for hydroxylation is 2. The number of thiophene rings is 1. The summed E-state index contributed by atoms with van der Waals surface area (Å²) in [4.78, 5) is 10.6. The van der Waals surface area contributed by atoms with E-state index < -0.39 is 0 Å². The predicted molar refractivity (Wildman–Crippen MR) is 375 cm³/mol. The number of hydrogen-bond donors (Lipinski definition) is 0. The molecular weight excluding hydrogens is 1050 g/mol. The molecule has 0 spiro atoms. The van der Waals surface area contributed by atoms with Crippen LogP contribution < -0.4 is 4.90 Å². The van der Waals surface area contributed by atoms with Gasteiger partial charge in [-0.1, -0.05) is 201 Å². The normalized spacial score (nSPS) is 13.2. The van der Waals surface area contributed by atoms with Gasteiger partial charge < -0.3 is 13.7 Å². The summed E-state index contributed by atoms with van der Waals surface area (Å²) in [7, 11) is 0. The van der Waals surface area contributed by atoms with Gasteiger partial charge in [-0.15, -0.1) is 11.3 Å². The van der Waals surface area contributed by atoms with E-state index >= 15 is 0 Å². The minimum absolute atomic E-state index is 0.774. The van der Waals surface area contributed by atoms with Gasteiger partial charge in [0.25, 0.3) is 0 Å². The van der Waals surface area contributed by atoms with Gasteiger partial charge in [0, 0.05) is 61.0 Å². The van der Waals surface area contributed by atoms with E-state index in [1.165, 1.54) is 86.3 Å². The highest BCUT2D eigenvalue weighted by Crippen LogP contribution is 2.44. The second kappa shape index (κ2) is 27.7. The fourth-order valence-corrected chi connectivity index (χ4v) is 13.6. The molecule has 0 aliphatic heterocycles. The molecule has 13 rings (SSSR count). The molecule has 0 bridgehead atoms. The number of allylic oxidation sites excluding steroid dienone is 9. The molecule has 0 saturated heterocycles. The van der Waals surface area contributed by atoms with E-state index in [2.05, 4.69) is 220 Å². The smallest absolute Gasteiger partial charge is 0.136 e. The van der Waals surface area contributed by atoms with Crippen LogP contribution in [0, 0.1) is 0 Å². The van der Waals surface area contributed by atoms with E-state index in [-0.39, 0.29) is 0 Å². The van der Waals surface area contributed by atoms with Crippen molar-refractivity contribution in [1.82, 2.24) is 0 Å². The van der Waals surface area contributed by atoms with Crippen molar-refractivity contribution in [1.29, 1.82) is 0 Å². The summed E-state index contributed by atoms with van der Waals surface area (Å²) >= 11 is 2.05. The molecule has 0 radical (unpaired) electrons. The van der Waals surface area contributed by atoms with Gasteiger partial charge in [-0.2, -0.15) is 0 Å². The van der Waals surface area contributed by atoms with E-state index in [9.17, 15) is 0 Å². The lowest BCUT2D eigenvalue weighted by molar-refractivity contribution is 0.667. The molecule has 2 aliphatic rings. The molecule has 85 heavy (non-hydrogen) atoms. The van der Waals surface area contributed by atoms with Crippen LogP contribution in [-0.4, -0.2) is 12.3 Å². The lowest BCUT2D eigenvalue weighted by atomic mass is 9.91.